The molecule has 1 saturated carbocycles. The highest BCUT2D eigenvalue weighted by atomic mass is 19.1. The maximum Gasteiger partial charge on any atom is 0.247 e. The van der Waals surface area contributed by atoms with Crippen LogP contribution in [0.4, 0.5) is 4.39 Å². The minimum atomic E-state index is -0.942. The number of tetrazole rings is 1. The zero-order valence-electron chi connectivity index (χ0n) is 24.6. The van der Waals surface area contributed by atoms with Crippen LogP contribution in [0.25, 0.3) is 11.4 Å². The summed E-state index contributed by atoms with van der Waals surface area (Å²) >= 11 is 0. The average Bonchev–Trinajstić information content (AvgIpc) is 3.72. The summed E-state index contributed by atoms with van der Waals surface area (Å²) < 4.78 is 30.1. The highest BCUT2D eigenvalue weighted by Crippen LogP contribution is 2.31. The van der Waals surface area contributed by atoms with E-state index >= 15 is 0 Å². The Morgan fingerprint density at radius 2 is 1.81 bits per heavy atom. The number of carbonyl (C=O) groups is 2. The molecule has 2 amide bonds. The fraction of sp³-hybridized carbons (Fsp3) is 0.500. The third-order valence-corrected chi connectivity index (χ3v) is 8.05. The van der Waals surface area contributed by atoms with E-state index in [9.17, 15) is 14.0 Å². The number of halogens is 1. The Hall–Kier alpha value is -4.10. The summed E-state index contributed by atoms with van der Waals surface area (Å²) in [6.45, 7) is 3.64. The van der Waals surface area contributed by atoms with E-state index in [4.69, 9.17) is 14.2 Å². The number of morpholine rings is 1. The highest BCUT2D eigenvalue weighted by molar-refractivity contribution is 5.89. The van der Waals surface area contributed by atoms with Crippen molar-refractivity contribution in [3.8, 4) is 22.9 Å². The van der Waals surface area contributed by atoms with E-state index < -0.39 is 11.9 Å². The van der Waals surface area contributed by atoms with E-state index in [0.717, 1.165) is 38.8 Å². The van der Waals surface area contributed by atoms with Crippen molar-refractivity contribution in [1.82, 2.24) is 30.4 Å². The molecule has 1 aliphatic carbocycles. The van der Waals surface area contributed by atoms with Gasteiger partial charge >= 0.3 is 0 Å². The van der Waals surface area contributed by atoms with Crippen molar-refractivity contribution in [2.75, 3.05) is 53.6 Å². The maximum atomic E-state index is 14.0. The van der Waals surface area contributed by atoms with Gasteiger partial charge in [0.05, 0.1) is 40.5 Å². The number of amides is 2. The van der Waals surface area contributed by atoms with Crippen molar-refractivity contribution in [2.45, 2.75) is 44.3 Å². The zero-order chi connectivity index (χ0) is 30.2. The van der Waals surface area contributed by atoms with Crippen LogP contribution in [-0.2, 0) is 20.9 Å². The summed E-state index contributed by atoms with van der Waals surface area (Å²) in [6, 6.07) is 10.1. The van der Waals surface area contributed by atoms with Crippen molar-refractivity contribution < 1.29 is 33.1 Å². The van der Waals surface area contributed by atoms with Gasteiger partial charge < -0.3 is 29.3 Å². The number of rotatable bonds is 12. The number of methoxy groups -OCH3 is 2. The largest absolute Gasteiger partial charge is 0.493 e. The van der Waals surface area contributed by atoms with Gasteiger partial charge in [-0.3, -0.25) is 9.59 Å². The molecule has 230 valence electrons. The van der Waals surface area contributed by atoms with Crippen LogP contribution in [0.3, 0.4) is 0 Å². The molecule has 2 aliphatic rings. The first-order valence-electron chi connectivity index (χ1n) is 14.7. The van der Waals surface area contributed by atoms with Crippen LogP contribution in [0.5, 0.6) is 11.5 Å². The molecule has 0 spiro atoms. The predicted octanol–water partition coefficient (Wildman–Crippen LogP) is 1.04. The molecule has 2 heterocycles. The summed E-state index contributed by atoms with van der Waals surface area (Å²) in [4.78, 5) is 31.9. The van der Waals surface area contributed by atoms with Crippen LogP contribution >= 0.6 is 0 Å². The van der Waals surface area contributed by atoms with Gasteiger partial charge in [-0.15, -0.1) is 10.2 Å². The Morgan fingerprint density at radius 1 is 1.09 bits per heavy atom. The molecular formula is C30H39FN7O5+. The quantitative estimate of drug-likeness (QED) is 0.318. The minimum Gasteiger partial charge on any atom is -0.493 e. The molecule has 1 aromatic heterocycles. The van der Waals surface area contributed by atoms with Crippen molar-refractivity contribution in [3.05, 3.63) is 53.8 Å². The molecule has 5 rings (SSSR count). The van der Waals surface area contributed by atoms with Crippen molar-refractivity contribution in [3.63, 3.8) is 0 Å². The first-order chi connectivity index (χ1) is 20.9. The summed E-state index contributed by atoms with van der Waals surface area (Å²) in [6.07, 6.45) is 3.90. The Morgan fingerprint density at radius 3 is 2.51 bits per heavy atom. The number of nitrogens with zero attached hydrogens (tertiary/aromatic N) is 5. The first kappa shape index (κ1) is 30.4. The molecule has 2 N–H and O–H groups in total. The van der Waals surface area contributed by atoms with Crippen LogP contribution in [-0.4, -0.2) is 96.6 Å². The lowest BCUT2D eigenvalue weighted by Crippen LogP contribution is -3.14. The number of hydrogen-bond acceptors (Lipinski definition) is 8. The molecule has 43 heavy (non-hydrogen) atoms. The van der Waals surface area contributed by atoms with Gasteiger partial charge in [-0.25, -0.2) is 4.39 Å². The van der Waals surface area contributed by atoms with E-state index in [1.807, 2.05) is 0 Å². The van der Waals surface area contributed by atoms with Gasteiger partial charge in [0.2, 0.25) is 17.6 Å². The Bertz CT molecular complexity index is 1370. The third-order valence-electron chi connectivity index (χ3n) is 8.05. The summed E-state index contributed by atoms with van der Waals surface area (Å²) in [7, 11) is 3.09. The van der Waals surface area contributed by atoms with E-state index in [1.54, 1.807) is 42.3 Å². The van der Waals surface area contributed by atoms with E-state index in [-0.39, 0.29) is 24.4 Å². The van der Waals surface area contributed by atoms with Gasteiger partial charge in [-0.1, -0.05) is 25.0 Å². The smallest absolute Gasteiger partial charge is 0.247 e. The van der Waals surface area contributed by atoms with Gasteiger partial charge in [0.25, 0.3) is 0 Å². The zero-order valence-corrected chi connectivity index (χ0v) is 24.6. The molecule has 3 aromatic rings. The van der Waals surface area contributed by atoms with Crippen LogP contribution in [0.15, 0.2) is 42.5 Å². The molecule has 1 aliphatic heterocycles. The average molecular weight is 597 g/mol. The van der Waals surface area contributed by atoms with Gasteiger partial charge in [0.1, 0.15) is 31.5 Å². The highest BCUT2D eigenvalue weighted by Gasteiger charge is 2.34. The molecule has 1 atom stereocenters. The Kier molecular flexibility index (Phi) is 10.2. The standard InChI is InChI=1S/C30H38FN7O5/c1-41-25-12-9-22(19-26(25)42-2)29-33-35-38(34-29)20-27(39)37(14-13-36-15-17-43-18-16-36)28(21-7-10-23(31)11-8-21)30(40)32-24-5-3-4-6-24/h7-12,19,24,28H,3-6,13-18,20H2,1-2H3,(H,32,40)/p+1/t28-/m0/s1. The van der Waals surface area contributed by atoms with Crippen LogP contribution in [0, 0.1) is 5.82 Å². The normalized spacial score (nSPS) is 16.5. The number of nitrogens with one attached hydrogen (secondary N) is 2. The number of quaternary nitrogens is 1. The molecular weight excluding hydrogens is 557 g/mol. The van der Waals surface area contributed by atoms with Gasteiger partial charge in [-0.05, 0) is 54.0 Å². The fourth-order valence-electron chi connectivity index (χ4n) is 5.67. The Balaban J connectivity index is 1.40. The fourth-order valence-corrected chi connectivity index (χ4v) is 5.67. The summed E-state index contributed by atoms with van der Waals surface area (Å²) in [5.74, 6) is 0.353. The van der Waals surface area contributed by atoms with E-state index in [1.165, 1.54) is 28.9 Å². The van der Waals surface area contributed by atoms with Crippen molar-refractivity contribution in [2.24, 2.45) is 0 Å². The second-order valence-corrected chi connectivity index (χ2v) is 10.9. The van der Waals surface area contributed by atoms with Gasteiger partial charge in [-0.2, -0.15) is 4.80 Å². The first-order valence-corrected chi connectivity index (χ1v) is 14.7. The van der Waals surface area contributed by atoms with Crippen LogP contribution in [0.2, 0.25) is 0 Å². The Labute approximate surface area is 250 Å². The lowest BCUT2D eigenvalue weighted by Gasteiger charge is -2.33. The predicted molar refractivity (Wildman–Crippen MR) is 154 cm³/mol. The lowest BCUT2D eigenvalue weighted by molar-refractivity contribution is -0.907. The molecule has 2 aromatic carbocycles. The molecule has 2 fully saturated rings. The van der Waals surface area contributed by atoms with Gasteiger partial charge in [0, 0.05) is 11.6 Å². The van der Waals surface area contributed by atoms with Crippen LogP contribution < -0.4 is 19.7 Å². The SMILES string of the molecule is COc1ccc(-c2nnn(CC(=O)N(CC[NH+]3CCOCC3)[C@H](C(=O)NC3CCCC3)c3ccc(F)cc3)n2)cc1OC. The van der Waals surface area contributed by atoms with E-state index in [0.29, 0.717) is 54.8 Å². The monoisotopic (exact) mass is 596 g/mol. The molecule has 1 saturated heterocycles. The van der Waals surface area contributed by atoms with Crippen LogP contribution in [0.1, 0.15) is 37.3 Å². The number of hydrogen-bond donors (Lipinski definition) is 2. The maximum absolute atomic E-state index is 14.0. The van der Waals surface area contributed by atoms with Crippen molar-refractivity contribution in [1.29, 1.82) is 0 Å². The number of carbonyl (C=O) groups excluding carboxylic acids is 2. The molecule has 12 nitrogen and oxygen atoms in total. The lowest BCUT2D eigenvalue weighted by atomic mass is 10.0. The summed E-state index contributed by atoms with van der Waals surface area (Å²) in [5.41, 5.74) is 1.18. The molecule has 0 radical (unpaired) electrons. The second-order valence-electron chi connectivity index (χ2n) is 10.9. The number of ether oxygens (including phenoxy) is 3. The molecule has 0 bridgehead atoms. The van der Waals surface area contributed by atoms with Crippen molar-refractivity contribution >= 4 is 11.8 Å². The minimum absolute atomic E-state index is 0.0540. The summed E-state index contributed by atoms with van der Waals surface area (Å²) in [5, 5.41) is 15.8. The number of benzene rings is 2. The molecule has 0 unspecified atom stereocenters. The second kappa shape index (κ2) is 14.4. The third kappa shape index (κ3) is 7.65. The molecule has 13 heteroatoms. The topological polar surface area (TPSA) is 125 Å². The van der Waals surface area contributed by atoms with Gasteiger partial charge in [0.15, 0.2) is 11.5 Å². The van der Waals surface area contributed by atoms with E-state index in [2.05, 4.69) is 20.7 Å². The number of aromatic nitrogens is 4.